The largest absolute Gasteiger partial charge is 0.396 e. The summed E-state index contributed by atoms with van der Waals surface area (Å²) in [7, 11) is 0. The second kappa shape index (κ2) is 16.1. The zero-order chi connectivity index (χ0) is 19.2. The lowest BCUT2D eigenvalue weighted by Crippen LogP contribution is -2.39. The summed E-state index contributed by atoms with van der Waals surface area (Å²) >= 11 is 3.37. The van der Waals surface area contributed by atoms with Gasteiger partial charge in [-0.2, -0.15) is 0 Å². The molecule has 1 atom stereocenters. The highest BCUT2D eigenvalue weighted by Crippen LogP contribution is 2.14. The summed E-state index contributed by atoms with van der Waals surface area (Å²) in [4.78, 5) is 16.6. The van der Waals surface area contributed by atoms with Gasteiger partial charge in [-0.25, -0.2) is 0 Å². The van der Waals surface area contributed by atoms with Crippen LogP contribution in [-0.2, 0) is 4.79 Å². The Morgan fingerprint density at radius 2 is 1.89 bits per heavy atom. The van der Waals surface area contributed by atoms with Crippen molar-refractivity contribution in [3.05, 3.63) is 28.7 Å². The second-order valence-corrected chi connectivity index (χ2v) is 7.03. The number of carbonyl (C=O) groups excluding carboxylic acids is 1. The first-order chi connectivity index (χ1) is 12.6. The number of rotatable bonds is 11. The lowest BCUT2D eigenvalue weighted by molar-refractivity contribution is -0.116. The van der Waals surface area contributed by atoms with Gasteiger partial charge in [0.05, 0.1) is 0 Å². The van der Waals surface area contributed by atoms with Gasteiger partial charge in [-0.05, 0) is 49.9 Å². The first-order valence-corrected chi connectivity index (χ1v) is 10.1. The SMILES string of the molecule is CCCC(CCO)CN=C(NCC)NCCC(=O)Nc1ccc(Br)cc1.I. The van der Waals surface area contributed by atoms with Crippen molar-refractivity contribution in [3.63, 3.8) is 0 Å². The van der Waals surface area contributed by atoms with Gasteiger partial charge in [-0.3, -0.25) is 9.79 Å². The Hall–Kier alpha value is -0.870. The molecule has 0 saturated heterocycles. The van der Waals surface area contributed by atoms with Gasteiger partial charge < -0.3 is 21.1 Å². The minimum atomic E-state index is -0.0418. The van der Waals surface area contributed by atoms with Crippen molar-refractivity contribution in [2.75, 3.05) is 31.6 Å². The fraction of sp³-hybridized carbons (Fsp3) is 0.579. The Morgan fingerprint density at radius 1 is 1.19 bits per heavy atom. The Kier molecular flexibility index (Phi) is 15.6. The summed E-state index contributed by atoms with van der Waals surface area (Å²) in [5, 5.41) is 18.4. The van der Waals surface area contributed by atoms with Crippen LogP contribution in [0.5, 0.6) is 0 Å². The minimum absolute atomic E-state index is 0. The van der Waals surface area contributed by atoms with E-state index in [0.29, 0.717) is 31.4 Å². The second-order valence-electron chi connectivity index (χ2n) is 6.12. The van der Waals surface area contributed by atoms with Crippen molar-refractivity contribution in [3.8, 4) is 0 Å². The lowest BCUT2D eigenvalue weighted by atomic mass is 10.0. The van der Waals surface area contributed by atoms with Gasteiger partial charge in [0.15, 0.2) is 5.96 Å². The first kappa shape index (κ1) is 26.1. The molecule has 0 radical (unpaired) electrons. The minimum Gasteiger partial charge on any atom is -0.396 e. The van der Waals surface area contributed by atoms with Crippen LogP contribution in [0.4, 0.5) is 5.69 Å². The average molecular weight is 555 g/mol. The van der Waals surface area contributed by atoms with E-state index < -0.39 is 0 Å². The molecule has 0 saturated carbocycles. The number of amides is 1. The highest BCUT2D eigenvalue weighted by molar-refractivity contribution is 14.0. The van der Waals surface area contributed by atoms with Crippen LogP contribution in [0.3, 0.4) is 0 Å². The van der Waals surface area contributed by atoms with E-state index in [1.165, 1.54) is 0 Å². The highest BCUT2D eigenvalue weighted by Gasteiger charge is 2.08. The number of nitrogens with one attached hydrogen (secondary N) is 3. The van der Waals surface area contributed by atoms with Crippen LogP contribution in [-0.4, -0.2) is 43.2 Å². The molecule has 1 unspecified atom stereocenters. The quantitative estimate of drug-likeness (QED) is 0.191. The topological polar surface area (TPSA) is 85.8 Å². The Balaban J connectivity index is 0.00000676. The molecule has 0 fully saturated rings. The predicted molar refractivity (Wildman–Crippen MR) is 127 cm³/mol. The summed E-state index contributed by atoms with van der Waals surface area (Å²) in [5.41, 5.74) is 0.783. The standard InChI is InChI=1S/C19H31BrN4O2.HI/c1-3-5-15(11-13-25)14-23-19(21-4-2)22-12-10-18(26)24-17-8-6-16(20)7-9-17;/h6-9,15,25H,3-5,10-14H2,1-2H3,(H,24,26)(H2,21,22,23);1H. The van der Waals surface area contributed by atoms with Crippen LogP contribution in [0.15, 0.2) is 33.7 Å². The number of halogens is 2. The molecule has 0 aliphatic carbocycles. The van der Waals surface area contributed by atoms with E-state index >= 15 is 0 Å². The molecule has 1 rings (SSSR count). The van der Waals surface area contributed by atoms with Gasteiger partial charge in [0.2, 0.25) is 5.91 Å². The fourth-order valence-electron chi connectivity index (χ4n) is 2.53. The molecule has 0 aliphatic heterocycles. The number of carbonyl (C=O) groups is 1. The number of nitrogens with zero attached hydrogens (tertiary/aromatic N) is 1. The van der Waals surface area contributed by atoms with E-state index in [9.17, 15) is 4.79 Å². The maximum atomic E-state index is 12.0. The average Bonchev–Trinajstić information content (AvgIpc) is 2.62. The van der Waals surface area contributed by atoms with Crippen molar-refractivity contribution in [2.45, 2.75) is 39.5 Å². The molecule has 1 aromatic carbocycles. The molecule has 0 aliphatic rings. The van der Waals surface area contributed by atoms with Crippen LogP contribution in [0, 0.1) is 5.92 Å². The zero-order valence-corrected chi connectivity index (χ0v) is 20.0. The number of aliphatic hydroxyl groups is 1. The van der Waals surface area contributed by atoms with E-state index in [1.807, 2.05) is 31.2 Å². The predicted octanol–water partition coefficient (Wildman–Crippen LogP) is 3.75. The molecule has 4 N–H and O–H groups in total. The number of benzene rings is 1. The van der Waals surface area contributed by atoms with Gasteiger partial charge in [-0.1, -0.05) is 29.3 Å². The maximum absolute atomic E-state index is 12.0. The van der Waals surface area contributed by atoms with Crippen LogP contribution >= 0.6 is 39.9 Å². The van der Waals surface area contributed by atoms with Gasteiger partial charge in [-0.15, -0.1) is 24.0 Å². The Labute approximate surface area is 188 Å². The van der Waals surface area contributed by atoms with E-state index in [0.717, 1.165) is 36.0 Å². The number of anilines is 1. The zero-order valence-electron chi connectivity index (χ0n) is 16.1. The van der Waals surface area contributed by atoms with Crippen molar-refractivity contribution < 1.29 is 9.90 Å². The van der Waals surface area contributed by atoms with E-state index in [4.69, 9.17) is 5.11 Å². The highest BCUT2D eigenvalue weighted by atomic mass is 127. The fourth-order valence-corrected chi connectivity index (χ4v) is 2.80. The van der Waals surface area contributed by atoms with Crippen molar-refractivity contribution >= 4 is 57.5 Å². The van der Waals surface area contributed by atoms with E-state index in [1.54, 1.807) is 0 Å². The van der Waals surface area contributed by atoms with E-state index in [2.05, 4.69) is 43.8 Å². The monoisotopic (exact) mass is 554 g/mol. The molecule has 0 bridgehead atoms. The third-order valence-corrected chi connectivity index (χ3v) is 4.39. The summed E-state index contributed by atoms with van der Waals surface area (Å²) in [5.74, 6) is 1.06. The van der Waals surface area contributed by atoms with Gasteiger partial charge in [0.25, 0.3) is 0 Å². The molecule has 154 valence electrons. The molecule has 6 nitrogen and oxygen atoms in total. The number of hydrogen-bond donors (Lipinski definition) is 4. The summed E-state index contributed by atoms with van der Waals surface area (Å²) in [6, 6.07) is 7.50. The number of hydrogen-bond acceptors (Lipinski definition) is 3. The van der Waals surface area contributed by atoms with Crippen molar-refractivity contribution in [1.82, 2.24) is 10.6 Å². The van der Waals surface area contributed by atoms with Gasteiger partial charge in [0, 0.05) is 42.8 Å². The van der Waals surface area contributed by atoms with Crippen LogP contribution < -0.4 is 16.0 Å². The van der Waals surface area contributed by atoms with Crippen molar-refractivity contribution in [2.24, 2.45) is 10.9 Å². The number of aliphatic hydroxyl groups excluding tert-OH is 1. The molecule has 8 heteroatoms. The van der Waals surface area contributed by atoms with Crippen LogP contribution in [0.2, 0.25) is 0 Å². The van der Waals surface area contributed by atoms with Crippen molar-refractivity contribution in [1.29, 1.82) is 0 Å². The molecule has 0 heterocycles. The Morgan fingerprint density at radius 3 is 2.48 bits per heavy atom. The molecule has 1 aromatic rings. The third kappa shape index (κ3) is 12.2. The molecular weight excluding hydrogens is 523 g/mol. The van der Waals surface area contributed by atoms with Crippen LogP contribution in [0.1, 0.15) is 39.5 Å². The number of aliphatic imine (C=N–C) groups is 1. The van der Waals surface area contributed by atoms with Gasteiger partial charge >= 0.3 is 0 Å². The maximum Gasteiger partial charge on any atom is 0.226 e. The first-order valence-electron chi connectivity index (χ1n) is 9.27. The molecular formula is C19H32BrIN4O2. The third-order valence-electron chi connectivity index (χ3n) is 3.86. The molecule has 0 aromatic heterocycles. The van der Waals surface area contributed by atoms with E-state index in [-0.39, 0.29) is 36.5 Å². The normalized spacial score (nSPS) is 12.1. The van der Waals surface area contributed by atoms with Crippen LogP contribution in [0.25, 0.3) is 0 Å². The smallest absolute Gasteiger partial charge is 0.226 e. The Bertz CT molecular complexity index is 549. The summed E-state index contributed by atoms with van der Waals surface area (Å²) in [6.07, 6.45) is 3.27. The molecule has 27 heavy (non-hydrogen) atoms. The molecule has 0 spiro atoms. The van der Waals surface area contributed by atoms with Gasteiger partial charge in [0.1, 0.15) is 0 Å². The number of guanidine groups is 1. The molecule has 1 amide bonds. The lowest BCUT2D eigenvalue weighted by Gasteiger charge is -2.15. The summed E-state index contributed by atoms with van der Waals surface area (Å²) in [6.45, 7) is 6.29. The summed E-state index contributed by atoms with van der Waals surface area (Å²) < 4.78 is 0.978.